The lowest BCUT2D eigenvalue weighted by Gasteiger charge is -2.25. The Hall–Kier alpha value is -1.39. The summed E-state index contributed by atoms with van der Waals surface area (Å²) < 4.78 is 0. The van der Waals surface area contributed by atoms with Crippen LogP contribution >= 0.6 is 0 Å². The molecule has 2 fully saturated rings. The minimum Gasteiger partial charge on any atom is -0.354 e. The number of hydrogen-bond donors (Lipinski definition) is 2. The molecule has 1 aliphatic carbocycles. The molecule has 2 aliphatic rings. The number of amides is 1. The largest absolute Gasteiger partial charge is 0.354 e. The van der Waals surface area contributed by atoms with Gasteiger partial charge < -0.3 is 16.0 Å². The lowest BCUT2D eigenvalue weighted by Crippen LogP contribution is -2.50. The predicted molar refractivity (Wildman–Crippen MR) is 83.7 cm³/mol. The van der Waals surface area contributed by atoms with Gasteiger partial charge in [-0.3, -0.25) is 4.79 Å². The van der Waals surface area contributed by atoms with Crippen LogP contribution in [-0.4, -0.2) is 36.5 Å². The molecule has 114 valence electrons. The molecule has 4 nitrogen and oxygen atoms in total. The van der Waals surface area contributed by atoms with E-state index in [4.69, 9.17) is 5.73 Å². The molecule has 2 unspecified atom stereocenters. The van der Waals surface area contributed by atoms with Crippen molar-refractivity contribution in [2.24, 2.45) is 11.7 Å². The van der Waals surface area contributed by atoms with Crippen molar-refractivity contribution >= 4 is 5.91 Å². The monoisotopic (exact) mass is 287 g/mol. The van der Waals surface area contributed by atoms with Crippen LogP contribution in [0.2, 0.25) is 0 Å². The van der Waals surface area contributed by atoms with Gasteiger partial charge in [-0.05, 0) is 44.2 Å². The van der Waals surface area contributed by atoms with E-state index in [0.29, 0.717) is 5.92 Å². The fourth-order valence-corrected chi connectivity index (χ4v) is 3.14. The molecule has 0 bridgehead atoms. The summed E-state index contributed by atoms with van der Waals surface area (Å²) in [7, 11) is 0. The van der Waals surface area contributed by atoms with E-state index in [1.54, 1.807) is 6.92 Å². The van der Waals surface area contributed by atoms with Crippen LogP contribution in [0.1, 0.15) is 31.7 Å². The summed E-state index contributed by atoms with van der Waals surface area (Å²) in [5.41, 5.74) is 6.12. The predicted octanol–water partition coefficient (Wildman–Crippen LogP) is 1.46. The average Bonchev–Trinajstić information content (AvgIpc) is 3.24. The highest BCUT2D eigenvalue weighted by Gasteiger charge is 2.35. The Bertz CT molecular complexity index is 496. The molecule has 2 atom stereocenters. The Morgan fingerprint density at radius 1 is 1.33 bits per heavy atom. The fraction of sp³-hybridized carbons (Fsp3) is 0.588. The van der Waals surface area contributed by atoms with E-state index in [1.165, 1.54) is 25.8 Å². The van der Waals surface area contributed by atoms with Crippen molar-refractivity contribution in [2.45, 2.75) is 37.8 Å². The summed E-state index contributed by atoms with van der Waals surface area (Å²) in [5, 5.41) is 3.05. The number of nitrogens with two attached hydrogens (primary N) is 1. The Morgan fingerprint density at radius 3 is 2.71 bits per heavy atom. The summed E-state index contributed by atoms with van der Waals surface area (Å²) in [4.78, 5) is 15.0. The third-order valence-electron chi connectivity index (χ3n) is 4.78. The van der Waals surface area contributed by atoms with Crippen LogP contribution in [0, 0.1) is 5.92 Å². The molecule has 1 amide bonds. The number of likely N-dealkylation sites (tertiary alicyclic amines) is 1. The molecule has 3 N–H and O–H groups in total. The Balaban J connectivity index is 1.52. The molecule has 1 saturated heterocycles. The third-order valence-corrected chi connectivity index (χ3v) is 4.78. The van der Waals surface area contributed by atoms with E-state index < -0.39 is 5.54 Å². The minimum atomic E-state index is -0.962. The summed E-state index contributed by atoms with van der Waals surface area (Å²) in [6.07, 6.45) is 3.89. The average molecular weight is 287 g/mol. The molecule has 1 saturated carbocycles. The number of benzene rings is 1. The Morgan fingerprint density at radius 2 is 2.05 bits per heavy atom. The number of carbonyl (C=O) groups excluding carboxylic acids is 1. The number of carbonyl (C=O) groups is 1. The third kappa shape index (κ3) is 3.27. The Kier molecular flexibility index (Phi) is 4.00. The molecule has 0 aromatic heterocycles. The summed E-state index contributed by atoms with van der Waals surface area (Å²) in [5.74, 6) is 0.486. The van der Waals surface area contributed by atoms with E-state index in [9.17, 15) is 4.79 Å². The number of nitrogens with one attached hydrogen (secondary N) is 1. The molecule has 3 rings (SSSR count). The first-order chi connectivity index (χ1) is 10.1. The fourth-order valence-electron chi connectivity index (χ4n) is 3.14. The van der Waals surface area contributed by atoms with Gasteiger partial charge in [-0.1, -0.05) is 30.3 Å². The lowest BCUT2D eigenvalue weighted by molar-refractivity contribution is -0.126. The van der Waals surface area contributed by atoms with Crippen molar-refractivity contribution in [1.29, 1.82) is 0 Å². The first-order valence-electron chi connectivity index (χ1n) is 7.94. The first kappa shape index (κ1) is 14.5. The zero-order valence-corrected chi connectivity index (χ0v) is 12.7. The zero-order valence-electron chi connectivity index (χ0n) is 12.7. The molecule has 0 radical (unpaired) electrons. The molecule has 0 spiro atoms. The molecular formula is C17H25N3O. The quantitative estimate of drug-likeness (QED) is 0.862. The lowest BCUT2D eigenvalue weighted by atomic mass is 9.92. The van der Waals surface area contributed by atoms with E-state index in [2.05, 4.69) is 10.2 Å². The van der Waals surface area contributed by atoms with Crippen LogP contribution in [0.4, 0.5) is 0 Å². The van der Waals surface area contributed by atoms with E-state index >= 15 is 0 Å². The van der Waals surface area contributed by atoms with E-state index in [1.807, 2.05) is 30.3 Å². The summed E-state index contributed by atoms with van der Waals surface area (Å²) in [6, 6.07) is 10.4. The van der Waals surface area contributed by atoms with Gasteiger partial charge in [0, 0.05) is 19.1 Å². The normalized spacial score (nSPS) is 25.5. The van der Waals surface area contributed by atoms with Gasteiger partial charge in [0.1, 0.15) is 5.54 Å². The molecule has 1 aromatic carbocycles. The highest BCUT2D eigenvalue weighted by atomic mass is 16.2. The molecule has 1 heterocycles. The van der Waals surface area contributed by atoms with Crippen molar-refractivity contribution in [3.05, 3.63) is 35.9 Å². The van der Waals surface area contributed by atoms with Crippen LogP contribution in [0.15, 0.2) is 30.3 Å². The van der Waals surface area contributed by atoms with E-state index in [0.717, 1.165) is 24.7 Å². The van der Waals surface area contributed by atoms with Gasteiger partial charge >= 0.3 is 0 Å². The maximum absolute atomic E-state index is 12.4. The van der Waals surface area contributed by atoms with Gasteiger partial charge in [0.25, 0.3) is 0 Å². The molecular weight excluding hydrogens is 262 g/mol. The number of nitrogens with zero attached hydrogens (tertiary/aromatic N) is 1. The second kappa shape index (κ2) is 5.78. The first-order valence-corrected chi connectivity index (χ1v) is 7.94. The van der Waals surface area contributed by atoms with Gasteiger partial charge in [-0.15, -0.1) is 0 Å². The highest BCUT2D eigenvalue weighted by Crippen LogP contribution is 2.31. The van der Waals surface area contributed by atoms with Crippen LogP contribution < -0.4 is 11.1 Å². The van der Waals surface area contributed by atoms with Crippen LogP contribution in [0.3, 0.4) is 0 Å². The Labute approximate surface area is 126 Å². The topological polar surface area (TPSA) is 58.4 Å². The maximum Gasteiger partial charge on any atom is 0.244 e. The van der Waals surface area contributed by atoms with Gasteiger partial charge in [-0.25, -0.2) is 0 Å². The van der Waals surface area contributed by atoms with Crippen LogP contribution in [-0.2, 0) is 10.3 Å². The standard InChI is InChI=1S/C17H25N3O/c1-17(18,14-5-3-2-4-6-14)16(21)19-11-13-9-10-20(12-13)15-7-8-15/h2-6,13,15H,7-12,18H2,1H3,(H,19,21). The highest BCUT2D eigenvalue weighted by molar-refractivity contribution is 5.86. The van der Waals surface area contributed by atoms with Gasteiger partial charge in [0.05, 0.1) is 0 Å². The van der Waals surface area contributed by atoms with E-state index in [-0.39, 0.29) is 5.91 Å². The minimum absolute atomic E-state index is 0.0847. The van der Waals surface area contributed by atoms with Crippen molar-refractivity contribution in [2.75, 3.05) is 19.6 Å². The van der Waals surface area contributed by atoms with Crippen molar-refractivity contribution in [3.63, 3.8) is 0 Å². The van der Waals surface area contributed by atoms with Crippen LogP contribution in [0.5, 0.6) is 0 Å². The summed E-state index contributed by atoms with van der Waals surface area (Å²) in [6.45, 7) is 4.83. The second-order valence-electron chi connectivity index (χ2n) is 6.66. The summed E-state index contributed by atoms with van der Waals surface area (Å²) >= 11 is 0. The molecule has 1 aliphatic heterocycles. The van der Waals surface area contributed by atoms with Crippen molar-refractivity contribution in [1.82, 2.24) is 10.2 Å². The van der Waals surface area contributed by atoms with Crippen LogP contribution in [0.25, 0.3) is 0 Å². The SMILES string of the molecule is CC(N)(C(=O)NCC1CCN(C2CC2)C1)c1ccccc1. The van der Waals surface area contributed by atoms with Gasteiger partial charge in [0.2, 0.25) is 5.91 Å². The maximum atomic E-state index is 12.4. The van der Waals surface area contributed by atoms with Gasteiger partial charge in [0.15, 0.2) is 0 Å². The van der Waals surface area contributed by atoms with Crippen molar-refractivity contribution < 1.29 is 4.79 Å². The van der Waals surface area contributed by atoms with Crippen molar-refractivity contribution in [3.8, 4) is 0 Å². The second-order valence-corrected chi connectivity index (χ2v) is 6.66. The molecule has 1 aromatic rings. The smallest absolute Gasteiger partial charge is 0.244 e. The zero-order chi connectivity index (χ0) is 14.9. The number of hydrogen-bond acceptors (Lipinski definition) is 3. The van der Waals surface area contributed by atoms with Gasteiger partial charge in [-0.2, -0.15) is 0 Å². The molecule has 21 heavy (non-hydrogen) atoms. The number of rotatable bonds is 5. The molecule has 4 heteroatoms.